The second-order valence-corrected chi connectivity index (χ2v) is 8.47. The number of hydrogen-bond acceptors (Lipinski definition) is 5. The number of furan rings is 1. The topological polar surface area (TPSA) is 63.3 Å². The largest absolute Gasteiger partial charge is 0.472 e. The zero-order chi connectivity index (χ0) is 19.6. The fourth-order valence-electron chi connectivity index (χ4n) is 4.25. The minimum atomic E-state index is -0.0749. The average Bonchev–Trinajstić information content (AvgIpc) is 3.50. The van der Waals surface area contributed by atoms with Crippen molar-refractivity contribution in [3.63, 3.8) is 0 Å². The maximum atomic E-state index is 12.0. The Morgan fingerprint density at radius 1 is 1.21 bits per heavy atom. The lowest BCUT2D eigenvalue weighted by molar-refractivity contribution is 0.0947. The van der Waals surface area contributed by atoms with Crippen molar-refractivity contribution in [2.75, 3.05) is 26.2 Å². The van der Waals surface area contributed by atoms with Crippen LogP contribution in [0.4, 0.5) is 0 Å². The molecule has 0 bridgehead atoms. The van der Waals surface area contributed by atoms with Gasteiger partial charge in [-0.3, -0.25) is 4.79 Å². The summed E-state index contributed by atoms with van der Waals surface area (Å²) < 4.78 is 7.26. The fraction of sp³-hybridized carbons (Fsp3) is 0.364. The van der Waals surface area contributed by atoms with Crippen molar-refractivity contribution < 1.29 is 9.21 Å². The van der Waals surface area contributed by atoms with E-state index in [4.69, 9.17) is 9.40 Å². The lowest BCUT2D eigenvalue weighted by Gasteiger charge is -2.29. The molecule has 1 fully saturated rings. The van der Waals surface area contributed by atoms with Crippen LogP contribution in [0.5, 0.6) is 0 Å². The van der Waals surface area contributed by atoms with E-state index >= 15 is 0 Å². The van der Waals surface area contributed by atoms with Crippen molar-refractivity contribution >= 4 is 22.8 Å². The maximum absolute atomic E-state index is 12.0. The first kappa shape index (κ1) is 18.4. The molecular weight excluding hydrogens is 384 g/mol. The number of hydrogen-bond donors (Lipinski definition) is 1. The van der Waals surface area contributed by atoms with Crippen molar-refractivity contribution in [2.45, 2.75) is 25.8 Å². The van der Waals surface area contributed by atoms with E-state index in [0.717, 1.165) is 51.3 Å². The molecule has 1 saturated heterocycles. The van der Waals surface area contributed by atoms with Crippen molar-refractivity contribution in [2.24, 2.45) is 0 Å². The van der Waals surface area contributed by atoms with E-state index in [0.29, 0.717) is 12.1 Å². The monoisotopic (exact) mass is 408 g/mol. The number of carbonyl (C=O) groups excluding carboxylic acids is 1. The molecule has 0 aliphatic carbocycles. The maximum Gasteiger partial charge on any atom is 0.254 e. The molecule has 3 aromatic heterocycles. The van der Waals surface area contributed by atoms with E-state index in [1.807, 2.05) is 17.5 Å². The number of imidazole rings is 1. The number of aryl methyl sites for hydroxylation is 2. The van der Waals surface area contributed by atoms with Gasteiger partial charge >= 0.3 is 0 Å². The summed E-state index contributed by atoms with van der Waals surface area (Å²) >= 11 is 1.84. The van der Waals surface area contributed by atoms with E-state index < -0.39 is 0 Å². The van der Waals surface area contributed by atoms with Gasteiger partial charge in [0.05, 0.1) is 11.8 Å². The van der Waals surface area contributed by atoms with Gasteiger partial charge in [0.25, 0.3) is 5.91 Å². The quantitative estimate of drug-likeness (QED) is 0.719. The highest BCUT2D eigenvalue weighted by molar-refractivity contribution is 7.11. The number of thiophene rings is 1. The van der Waals surface area contributed by atoms with E-state index in [2.05, 4.69) is 32.4 Å². The predicted octanol–water partition coefficient (Wildman–Crippen LogP) is 3.42. The Morgan fingerprint density at radius 3 is 2.93 bits per heavy atom. The first-order chi connectivity index (χ1) is 14.3. The molecule has 2 aliphatic rings. The first-order valence-corrected chi connectivity index (χ1v) is 11.0. The van der Waals surface area contributed by atoms with Crippen LogP contribution in [0.3, 0.4) is 0 Å². The zero-order valence-electron chi connectivity index (χ0n) is 16.3. The Hall–Kier alpha value is -2.64. The molecule has 150 valence electrons. The van der Waals surface area contributed by atoms with Crippen molar-refractivity contribution in [1.82, 2.24) is 19.8 Å². The van der Waals surface area contributed by atoms with E-state index in [1.54, 1.807) is 6.07 Å². The molecule has 1 N–H and O–H groups in total. The van der Waals surface area contributed by atoms with E-state index in [1.165, 1.54) is 34.1 Å². The summed E-state index contributed by atoms with van der Waals surface area (Å²) in [7, 11) is 0. The van der Waals surface area contributed by atoms with Gasteiger partial charge in [0.2, 0.25) is 0 Å². The number of carbonyl (C=O) groups is 1. The number of likely N-dealkylation sites (tertiary alicyclic amines) is 1. The van der Waals surface area contributed by atoms with Gasteiger partial charge in [-0.1, -0.05) is 5.57 Å². The third-order valence-electron chi connectivity index (χ3n) is 5.85. The summed E-state index contributed by atoms with van der Waals surface area (Å²) in [6.45, 7) is 4.54. The number of piperidine rings is 1. The third-order valence-corrected chi connectivity index (χ3v) is 6.82. The van der Waals surface area contributed by atoms with Crippen molar-refractivity contribution in [1.29, 1.82) is 0 Å². The summed E-state index contributed by atoms with van der Waals surface area (Å²) in [6.07, 6.45) is 10.2. The van der Waals surface area contributed by atoms with E-state index in [9.17, 15) is 4.79 Å². The number of fused-ring (bicyclic) bond motifs is 2. The summed E-state index contributed by atoms with van der Waals surface area (Å²) in [5.74, 6) is 1.05. The van der Waals surface area contributed by atoms with Crippen LogP contribution in [0, 0.1) is 0 Å². The second kappa shape index (κ2) is 8.00. The van der Waals surface area contributed by atoms with Gasteiger partial charge in [0.15, 0.2) is 0 Å². The molecular formula is C22H24N4O2S. The van der Waals surface area contributed by atoms with Gasteiger partial charge < -0.3 is 19.2 Å². The molecule has 29 heavy (non-hydrogen) atoms. The van der Waals surface area contributed by atoms with Crippen LogP contribution >= 0.6 is 11.3 Å². The van der Waals surface area contributed by atoms with Crippen molar-refractivity contribution in [3.05, 3.63) is 69.8 Å². The van der Waals surface area contributed by atoms with E-state index in [-0.39, 0.29) is 5.91 Å². The summed E-state index contributed by atoms with van der Waals surface area (Å²) in [5.41, 5.74) is 4.91. The highest BCUT2D eigenvalue weighted by atomic mass is 32.1. The molecule has 0 spiro atoms. The Kier molecular flexibility index (Phi) is 5.08. The molecule has 0 atom stereocenters. The molecule has 6 nitrogen and oxygen atoms in total. The molecule has 5 heterocycles. The molecule has 5 rings (SSSR count). The number of aromatic nitrogens is 2. The van der Waals surface area contributed by atoms with Gasteiger partial charge in [-0.25, -0.2) is 4.98 Å². The van der Waals surface area contributed by atoms with Crippen LogP contribution in [-0.4, -0.2) is 46.5 Å². The Morgan fingerprint density at radius 2 is 2.10 bits per heavy atom. The van der Waals surface area contributed by atoms with Crippen LogP contribution in [0.25, 0.3) is 5.57 Å². The van der Waals surface area contributed by atoms with Gasteiger partial charge in [-0.2, -0.15) is 0 Å². The zero-order valence-corrected chi connectivity index (χ0v) is 17.1. The minimum Gasteiger partial charge on any atom is -0.472 e. The van der Waals surface area contributed by atoms with Gasteiger partial charge in [-0.05, 0) is 42.3 Å². The molecule has 7 heteroatoms. The molecule has 0 radical (unpaired) electrons. The molecule has 2 aliphatic heterocycles. The van der Waals surface area contributed by atoms with Crippen LogP contribution < -0.4 is 5.32 Å². The second-order valence-electron chi connectivity index (χ2n) is 7.56. The molecule has 0 unspecified atom stereocenters. The van der Waals surface area contributed by atoms with Crippen molar-refractivity contribution in [3.8, 4) is 0 Å². The van der Waals surface area contributed by atoms with Gasteiger partial charge in [0, 0.05) is 55.6 Å². The molecule has 0 saturated carbocycles. The van der Waals surface area contributed by atoms with Gasteiger partial charge in [0.1, 0.15) is 12.1 Å². The minimum absolute atomic E-state index is 0.0749. The van der Waals surface area contributed by atoms with Crippen LogP contribution in [0.2, 0.25) is 0 Å². The Bertz CT molecular complexity index is 977. The summed E-state index contributed by atoms with van der Waals surface area (Å²) in [6, 6.07) is 3.95. The van der Waals surface area contributed by atoms with Crippen LogP contribution in [-0.2, 0) is 13.0 Å². The summed E-state index contributed by atoms with van der Waals surface area (Å²) in [5, 5.41) is 5.18. The number of rotatable bonds is 4. The Labute approximate surface area is 173 Å². The molecule has 1 amide bonds. The lowest BCUT2D eigenvalue weighted by atomic mass is 9.95. The number of amides is 1. The molecule has 0 aromatic carbocycles. The highest BCUT2D eigenvalue weighted by Gasteiger charge is 2.25. The number of nitrogens with one attached hydrogen (secondary N) is 1. The van der Waals surface area contributed by atoms with Gasteiger partial charge in [-0.15, -0.1) is 11.3 Å². The lowest BCUT2D eigenvalue weighted by Crippen LogP contribution is -2.38. The standard InChI is InChI=1S/C22H24N4O2S/c27-22(18-4-13-28-15-18)24-6-11-25-8-1-16(2-9-25)19-20-17(5-14-29-20)3-10-26-12-7-23-21(19)26/h4-5,7,12-15H,1-3,6,8-11H2,(H,24,27). The first-order valence-electron chi connectivity index (χ1n) is 10.1. The number of nitrogens with zero attached hydrogens (tertiary/aromatic N) is 3. The predicted molar refractivity (Wildman–Crippen MR) is 113 cm³/mol. The average molecular weight is 409 g/mol. The summed E-state index contributed by atoms with van der Waals surface area (Å²) in [4.78, 5) is 20.6. The molecule has 3 aromatic rings. The third kappa shape index (κ3) is 3.68. The highest BCUT2D eigenvalue weighted by Crippen LogP contribution is 2.38. The smallest absolute Gasteiger partial charge is 0.254 e. The fourth-order valence-corrected chi connectivity index (χ4v) is 5.29. The normalized spacial score (nSPS) is 17.0. The SMILES string of the molecule is O=C(NCCN1CCC(=C2c3sccc3CCn3ccnc32)CC1)c1ccoc1. The Balaban J connectivity index is 1.25. The van der Waals surface area contributed by atoms with Crippen LogP contribution in [0.15, 0.2) is 52.4 Å². The van der Waals surface area contributed by atoms with Crippen LogP contribution in [0.1, 0.15) is 39.5 Å².